The van der Waals surface area contributed by atoms with Crippen LogP contribution in [-0.4, -0.2) is 31.1 Å². The first-order valence-corrected chi connectivity index (χ1v) is 5.27. The molecule has 2 rings (SSSR count). The van der Waals surface area contributed by atoms with E-state index in [2.05, 4.69) is 19.2 Å². The first-order valence-electron chi connectivity index (χ1n) is 5.27. The molecule has 2 heterocycles. The molecule has 0 bridgehead atoms. The fraction of sp³-hybridized carbons (Fsp3) is 1.00. The standard InChI is InChI=1S/C10H19NO2/c1-8-7-9(2)13-10(12-8)3-5-11-6-4-10/h8-9,11H,3-7H2,1-2H3. The molecule has 13 heavy (non-hydrogen) atoms. The molecule has 2 atom stereocenters. The highest BCUT2D eigenvalue weighted by Gasteiger charge is 2.40. The summed E-state index contributed by atoms with van der Waals surface area (Å²) in [6, 6.07) is 0. The molecule has 2 aliphatic heterocycles. The lowest BCUT2D eigenvalue weighted by atomic mass is 10.0. The summed E-state index contributed by atoms with van der Waals surface area (Å²) in [5, 5.41) is 3.33. The summed E-state index contributed by atoms with van der Waals surface area (Å²) < 4.78 is 11.8. The molecule has 76 valence electrons. The van der Waals surface area contributed by atoms with E-state index >= 15 is 0 Å². The van der Waals surface area contributed by atoms with Crippen molar-refractivity contribution in [2.75, 3.05) is 13.1 Å². The van der Waals surface area contributed by atoms with Gasteiger partial charge in [0.1, 0.15) is 0 Å². The quantitative estimate of drug-likeness (QED) is 0.616. The number of hydrogen-bond donors (Lipinski definition) is 1. The average molecular weight is 185 g/mol. The Hall–Kier alpha value is -0.120. The van der Waals surface area contributed by atoms with E-state index in [0.717, 1.165) is 32.4 Å². The smallest absolute Gasteiger partial charge is 0.171 e. The lowest BCUT2D eigenvalue weighted by Gasteiger charge is -2.45. The van der Waals surface area contributed by atoms with Gasteiger partial charge in [0, 0.05) is 25.9 Å². The van der Waals surface area contributed by atoms with Gasteiger partial charge in [-0.3, -0.25) is 0 Å². The first kappa shape index (κ1) is 9.44. The second-order valence-electron chi connectivity index (χ2n) is 4.25. The highest BCUT2D eigenvalue weighted by molar-refractivity contribution is 4.83. The Bertz CT molecular complexity index is 166. The summed E-state index contributed by atoms with van der Waals surface area (Å²) in [5.41, 5.74) is 0. The first-order chi connectivity index (χ1) is 6.20. The van der Waals surface area contributed by atoms with Crippen LogP contribution < -0.4 is 5.32 Å². The maximum Gasteiger partial charge on any atom is 0.171 e. The normalized spacial score (nSPS) is 39.2. The molecule has 2 saturated heterocycles. The highest BCUT2D eigenvalue weighted by atomic mass is 16.7. The second-order valence-corrected chi connectivity index (χ2v) is 4.25. The van der Waals surface area contributed by atoms with E-state index in [1.807, 2.05) is 0 Å². The van der Waals surface area contributed by atoms with Crippen LogP contribution in [0.4, 0.5) is 0 Å². The zero-order chi connectivity index (χ0) is 9.31. The Morgan fingerprint density at radius 3 is 2.15 bits per heavy atom. The number of rotatable bonds is 0. The Morgan fingerprint density at radius 2 is 1.62 bits per heavy atom. The van der Waals surface area contributed by atoms with Crippen molar-refractivity contribution in [3.63, 3.8) is 0 Å². The third-order valence-corrected chi connectivity index (χ3v) is 2.86. The third-order valence-electron chi connectivity index (χ3n) is 2.86. The minimum atomic E-state index is -0.262. The number of ether oxygens (including phenoxy) is 2. The van der Waals surface area contributed by atoms with Crippen LogP contribution in [0.3, 0.4) is 0 Å². The van der Waals surface area contributed by atoms with E-state index in [-0.39, 0.29) is 5.79 Å². The molecule has 0 radical (unpaired) electrons. The largest absolute Gasteiger partial charge is 0.347 e. The van der Waals surface area contributed by atoms with Crippen LogP contribution in [0.1, 0.15) is 33.1 Å². The lowest BCUT2D eigenvalue weighted by molar-refractivity contribution is -0.320. The molecule has 0 aromatic heterocycles. The summed E-state index contributed by atoms with van der Waals surface area (Å²) in [6.07, 6.45) is 3.70. The van der Waals surface area contributed by atoms with Crippen molar-refractivity contribution in [1.29, 1.82) is 0 Å². The molecule has 1 N–H and O–H groups in total. The number of hydrogen-bond acceptors (Lipinski definition) is 3. The van der Waals surface area contributed by atoms with Gasteiger partial charge in [0.15, 0.2) is 5.79 Å². The lowest BCUT2D eigenvalue weighted by Crippen LogP contribution is -2.52. The molecule has 2 unspecified atom stereocenters. The van der Waals surface area contributed by atoms with Crippen molar-refractivity contribution >= 4 is 0 Å². The fourth-order valence-corrected chi connectivity index (χ4v) is 2.37. The molecule has 2 fully saturated rings. The maximum absolute atomic E-state index is 5.92. The molecular weight excluding hydrogens is 166 g/mol. The van der Waals surface area contributed by atoms with Crippen LogP contribution in [0.2, 0.25) is 0 Å². The van der Waals surface area contributed by atoms with Crippen LogP contribution in [-0.2, 0) is 9.47 Å². The summed E-state index contributed by atoms with van der Waals surface area (Å²) >= 11 is 0. The summed E-state index contributed by atoms with van der Waals surface area (Å²) in [6.45, 7) is 6.31. The van der Waals surface area contributed by atoms with Gasteiger partial charge in [-0.2, -0.15) is 0 Å². The molecule has 0 aliphatic carbocycles. The van der Waals surface area contributed by atoms with Crippen LogP contribution in [0, 0.1) is 0 Å². The SMILES string of the molecule is CC1CC(C)OC2(CCNCC2)O1. The van der Waals surface area contributed by atoms with Crippen molar-refractivity contribution < 1.29 is 9.47 Å². The minimum absolute atomic E-state index is 0.262. The second kappa shape index (κ2) is 3.56. The van der Waals surface area contributed by atoms with Gasteiger partial charge in [0.2, 0.25) is 0 Å². The number of nitrogens with one attached hydrogen (secondary N) is 1. The average Bonchev–Trinajstić information content (AvgIpc) is 2.02. The van der Waals surface area contributed by atoms with Gasteiger partial charge in [-0.1, -0.05) is 0 Å². The van der Waals surface area contributed by atoms with Crippen molar-refractivity contribution in [3.8, 4) is 0 Å². The zero-order valence-corrected chi connectivity index (χ0v) is 8.51. The summed E-state index contributed by atoms with van der Waals surface area (Å²) in [5.74, 6) is -0.262. The van der Waals surface area contributed by atoms with E-state index in [0.29, 0.717) is 12.2 Å². The summed E-state index contributed by atoms with van der Waals surface area (Å²) in [4.78, 5) is 0. The van der Waals surface area contributed by atoms with Gasteiger partial charge < -0.3 is 14.8 Å². The highest BCUT2D eigenvalue weighted by Crippen LogP contribution is 2.33. The van der Waals surface area contributed by atoms with Crippen molar-refractivity contribution in [3.05, 3.63) is 0 Å². The molecule has 0 amide bonds. The fourth-order valence-electron chi connectivity index (χ4n) is 2.37. The van der Waals surface area contributed by atoms with Gasteiger partial charge in [0.25, 0.3) is 0 Å². The monoisotopic (exact) mass is 185 g/mol. The maximum atomic E-state index is 5.92. The molecule has 1 spiro atoms. The van der Waals surface area contributed by atoms with E-state index in [1.54, 1.807) is 0 Å². The molecule has 0 aromatic carbocycles. The third kappa shape index (κ3) is 2.03. The minimum Gasteiger partial charge on any atom is -0.347 e. The van der Waals surface area contributed by atoms with Gasteiger partial charge in [0.05, 0.1) is 12.2 Å². The van der Waals surface area contributed by atoms with Crippen LogP contribution in [0.5, 0.6) is 0 Å². The predicted octanol–water partition coefficient (Wildman–Crippen LogP) is 1.28. The Labute approximate surface area is 79.8 Å². The number of piperidine rings is 1. The van der Waals surface area contributed by atoms with E-state index in [9.17, 15) is 0 Å². The summed E-state index contributed by atoms with van der Waals surface area (Å²) in [7, 11) is 0. The van der Waals surface area contributed by atoms with Gasteiger partial charge in [-0.15, -0.1) is 0 Å². The van der Waals surface area contributed by atoms with Crippen LogP contribution in [0.15, 0.2) is 0 Å². The molecule has 0 saturated carbocycles. The molecule has 3 heteroatoms. The topological polar surface area (TPSA) is 30.5 Å². The van der Waals surface area contributed by atoms with Crippen LogP contribution in [0.25, 0.3) is 0 Å². The molecule has 2 aliphatic rings. The van der Waals surface area contributed by atoms with Crippen molar-refractivity contribution in [1.82, 2.24) is 5.32 Å². The van der Waals surface area contributed by atoms with Crippen molar-refractivity contribution in [2.45, 2.75) is 51.1 Å². The Kier molecular flexibility index (Phi) is 2.58. The predicted molar refractivity (Wildman–Crippen MR) is 50.5 cm³/mol. The van der Waals surface area contributed by atoms with E-state index < -0.39 is 0 Å². The molecular formula is C10H19NO2. The van der Waals surface area contributed by atoms with Gasteiger partial charge >= 0.3 is 0 Å². The Morgan fingerprint density at radius 1 is 1.08 bits per heavy atom. The van der Waals surface area contributed by atoms with Gasteiger partial charge in [-0.25, -0.2) is 0 Å². The Balaban J connectivity index is 2.02. The zero-order valence-electron chi connectivity index (χ0n) is 8.51. The van der Waals surface area contributed by atoms with E-state index in [4.69, 9.17) is 9.47 Å². The van der Waals surface area contributed by atoms with E-state index in [1.165, 1.54) is 0 Å². The van der Waals surface area contributed by atoms with Crippen molar-refractivity contribution in [2.24, 2.45) is 0 Å². The molecule has 0 aromatic rings. The molecule has 3 nitrogen and oxygen atoms in total. The van der Waals surface area contributed by atoms with Gasteiger partial charge in [-0.05, 0) is 20.3 Å². The van der Waals surface area contributed by atoms with Crippen LogP contribution >= 0.6 is 0 Å².